The minimum Gasteiger partial charge on any atom is -0.370 e. The number of carbonyl (C=O) groups excluding carboxylic acids is 1. The van der Waals surface area contributed by atoms with Crippen LogP contribution in [0, 0.1) is 12.7 Å². The van der Waals surface area contributed by atoms with Crippen molar-refractivity contribution >= 4 is 17.4 Å². The zero-order chi connectivity index (χ0) is 16.2. The molecule has 122 valence electrons. The summed E-state index contributed by atoms with van der Waals surface area (Å²) in [6.45, 7) is 3.81. The number of nitrogens with one attached hydrogen (secondary N) is 1. The fraction of sp³-hybridized carbons (Fsp3) is 0.375. The van der Waals surface area contributed by atoms with Crippen LogP contribution in [-0.4, -0.2) is 35.6 Å². The SMILES string of the molecule is Cc1csc(CNC(=O)N2CCO[C@H](c3ccc(F)cc3)C2)n1. The van der Waals surface area contributed by atoms with E-state index in [0.717, 1.165) is 16.3 Å². The molecule has 1 fully saturated rings. The van der Waals surface area contributed by atoms with Crippen LogP contribution >= 0.6 is 11.3 Å². The Morgan fingerprint density at radius 1 is 1.48 bits per heavy atom. The number of amides is 2. The lowest BCUT2D eigenvalue weighted by atomic mass is 10.1. The van der Waals surface area contributed by atoms with E-state index < -0.39 is 0 Å². The molecular formula is C16H18FN3O2S. The molecule has 1 atom stereocenters. The molecule has 0 spiro atoms. The maximum atomic E-state index is 13.0. The van der Waals surface area contributed by atoms with Crippen molar-refractivity contribution < 1.29 is 13.9 Å². The minimum absolute atomic E-state index is 0.131. The second-order valence-electron chi connectivity index (χ2n) is 5.40. The molecule has 0 radical (unpaired) electrons. The average Bonchev–Trinajstić information content (AvgIpc) is 2.99. The van der Waals surface area contributed by atoms with Crippen LogP contribution in [0.25, 0.3) is 0 Å². The molecule has 0 unspecified atom stereocenters. The molecule has 1 aliphatic heterocycles. The Kier molecular flexibility index (Phi) is 4.88. The lowest BCUT2D eigenvalue weighted by Crippen LogP contribution is -2.46. The molecule has 0 saturated carbocycles. The number of halogens is 1. The largest absolute Gasteiger partial charge is 0.370 e. The summed E-state index contributed by atoms with van der Waals surface area (Å²) in [5, 5.41) is 5.73. The van der Waals surface area contributed by atoms with Gasteiger partial charge in [-0.1, -0.05) is 12.1 Å². The zero-order valence-electron chi connectivity index (χ0n) is 12.8. The average molecular weight is 335 g/mol. The van der Waals surface area contributed by atoms with Gasteiger partial charge in [0.05, 0.1) is 19.7 Å². The summed E-state index contributed by atoms with van der Waals surface area (Å²) in [5.74, 6) is -0.280. The van der Waals surface area contributed by atoms with Gasteiger partial charge in [-0.25, -0.2) is 14.2 Å². The normalized spacial score (nSPS) is 18.0. The number of carbonyl (C=O) groups is 1. The van der Waals surface area contributed by atoms with Crippen LogP contribution in [0.5, 0.6) is 0 Å². The van der Waals surface area contributed by atoms with Crippen molar-refractivity contribution in [1.29, 1.82) is 0 Å². The number of nitrogens with zero attached hydrogens (tertiary/aromatic N) is 2. The predicted octanol–water partition coefficient (Wildman–Crippen LogP) is 2.87. The molecule has 5 nitrogen and oxygen atoms in total. The fourth-order valence-corrected chi connectivity index (χ4v) is 3.17. The van der Waals surface area contributed by atoms with Gasteiger partial charge in [0.15, 0.2) is 0 Å². The van der Waals surface area contributed by atoms with Crippen LogP contribution in [0.1, 0.15) is 22.4 Å². The Bertz CT molecular complexity index is 674. The Labute approximate surface area is 138 Å². The second-order valence-corrected chi connectivity index (χ2v) is 6.34. The molecule has 7 heteroatoms. The highest BCUT2D eigenvalue weighted by Crippen LogP contribution is 2.22. The number of thiazole rings is 1. The summed E-state index contributed by atoms with van der Waals surface area (Å²) >= 11 is 1.53. The molecule has 2 aromatic rings. The van der Waals surface area contributed by atoms with Gasteiger partial charge in [0.2, 0.25) is 0 Å². The lowest BCUT2D eigenvalue weighted by Gasteiger charge is -2.33. The minimum atomic E-state index is -0.280. The fourth-order valence-electron chi connectivity index (χ4n) is 2.46. The number of benzene rings is 1. The first-order valence-corrected chi connectivity index (χ1v) is 8.30. The van der Waals surface area contributed by atoms with Crippen molar-refractivity contribution in [2.75, 3.05) is 19.7 Å². The number of hydrogen-bond donors (Lipinski definition) is 1. The maximum Gasteiger partial charge on any atom is 0.317 e. The number of urea groups is 1. The van der Waals surface area contributed by atoms with Crippen LogP contribution in [-0.2, 0) is 11.3 Å². The molecule has 2 amide bonds. The molecule has 1 aromatic heterocycles. The number of aryl methyl sites for hydroxylation is 1. The van der Waals surface area contributed by atoms with Gasteiger partial charge in [-0.05, 0) is 24.6 Å². The second kappa shape index (κ2) is 7.06. The number of rotatable bonds is 3. The van der Waals surface area contributed by atoms with Gasteiger partial charge in [-0.3, -0.25) is 0 Å². The van der Waals surface area contributed by atoms with Gasteiger partial charge in [0.1, 0.15) is 16.9 Å². The van der Waals surface area contributed by atoms with E-state index in [1.54, 1.807) is 17.0 Å². The Morgan fingerprint density at radius 2 is 2.26 bits per heavy atom. The highest BCUT2D eigenvalue weighted by atomic mass is 32.1. The first-order chi connectivity index (χ1) is 11.1. The molecule has 1 saturated heterocycles. The molecule has 0 bridgehead atoms. The van der Waals surface area contributed by atoms with E-state index in [4.69, 9.17) is 4.74 Å². The van der Waals surface area contributed by atoms with Crippen molar-refractivity contribution in [3.05, 3.63) is 51.7 Å². The number of morpholine rings is 1. The summed E-state index contributed by atoms with van der Waals surface area (Å²) in [5.41, 5.74) is 1.83. The molecule has 2 heterocycles. The number of aromatic nitrogens is 1. The van der Waals surface area contributed by atoms with Crippen LogP contribution in [0.3, 0.4) is 0 Å². The molecule has 1 aliphatic rings. The van der Waals surface area contributed by atoms with E-state index >= 15 is 0 Å². The lowest BCUT2D eigenvalue weighted by molar-refractivity contribution is -0.0155. The third kappa shape index (κ3) is 4.05. The molecule has 23 heavy (non-hydrogen) atoms. The van der Waals surface area contributed by atoms with Gasteiger partial charge in [-0.2, -0.15) is 0 Å². The van der Waals surface area contributed by atoms with Gasteiger partial charge in [0, 0.05) is 17.6 Å². The van der Waals surface area contributed by atoms with Crippen molar-refractivity contribution in [2.45, 2.75) is 19.6 Å². The first-order valence-electron chi connectivity index (χ1n) is 7.42. The molecule has 1 N–H and O–H groups in total. The Hall–Kier alpha value is -1.99. The van der Waals surface area contributed by atoms with E-state index in [1.165, 1.54) is 23.5 Å². The van der Waals surface area contributed by atoms with Crippen LogP contribution in [0.4, 0.5) is 9.18 Å². The summed E-state index contributed by atoms with van der Waals surface area (Å²) in [6, 6.07) is 6.07. The first kappa shape index (κ1) is 15.9. The van der Waals surface area contributed by atoms with Gasteiger partial charge >= 0.3 is 6.03 Å². The van der Waals surface area contributed by atoms with E-state index in [1.807, 2.05) is 12.3 Å². The molecule has 1 aromatic carbocycles. The number of ether oxygens (including phenoxy) is 1. The van der Waals surface area contributed by atoms with E-state index in [9.17, 15) is 9.18 Å². The van der Waals surface area contributed by atoms with Crippen LogP contribution < -0.4 is 5.32 Å². The Balaban J connectivity index is 1.57. The molecular weight excluding hydrogens is 317 g/mol. The molecule has 3 rings (SSSR count). The van der Waals surface area contributed by atoms with Crippen molar-refractivity contribution in [1.82, 2.24) is 15.2 Å². The van der Waals surface area contributed by atoms with E-state index in [0.29, 0.717) is 26.2 Å². The molecule has 0 aliphatic carbocycles. The summed E-state index contributed by atoms with van der Waals surface area (Å²) in [7, 11) is 0. The topological polar surface area (TPSA) is 54.5 Å². The van der Waals surface area contributed by atoms with Crippen LogP contribution in [0.15, 0.2) is 29.6 Å². The third-order valence-corrected chi connectivity index (χ3v) is 4.62. The van der Waals surface area contributed by atoms with Gasteiger partial charge < -0.3 is 15.0 Å². The monoisotopic (exact) mass is 335 g/mol. The zero-order valence-corrected chi connectivity index (χ0v) is 13.6. The quantitative estimate of drug-likeness (QED) is 0.938. The van der Waals surface area contributed by atoms with Crippen molar-refractivity contribution in [3.8, 4) is 0 Å². The highest BCUT2D eigenvalue weighted by Gasteiger charge is 2.25. The Morgan fingerprint density at radius 3 is 2.96 bits per heavy atom. The van der Waals surface area contributed by atoms with Gasteiger partial charge in [0.25, 0.3) is 0 Å². The summed E-state index contributed by atoms with van der Waals surface area (Å²) in [6.07, 6.45) is -0.225. The summed E-state index contributed by atoms with van der Waals surface area (Å²) in [4.78, 5) is 18.3. The standard InChI is InChI=1S/C16H18FN3O2S/c1-11-10-23-15(19-11)8-18-16(21)20-6-7-22-14(9-20)12-2-4-13(17)5-3-12/h2-5,10,14H,6-9H2,1H3,(H,18,21)/t14-/m0/s1. The predicted molar refractivity (Wildman–Crippen MR) is 85.8 cm³/mol. The third-order valence-electron chi connectivity index (χ3n) is 3.65. The van der Waals surface area contributed by atoms with E-state index in [-0.39, 0.29) is 18.0 Å². The van der Waals surface area contributed by atoms with Crippen LogP contribution in [0.2, 0.25) is 0 Å². The highest BCUT2D eigenvalue weighted by molar-refractivity contribution is 7.09. The number of hydrogen-bond acceptors (Lipinski definition) is 4. The maximum absolute atomic E-state index is 13.0. The van der Waals surface area contributed by atoms with Crippen molar-refractivity contribution in [2.24, 2.45) is 0 Å². The van der Waals surface area contributed by atoms with E-state index in [2.05, 4.69) is 10.3 Å². The summed E-state index contributed by atoms with van der Waals surface area (Å²) < 4.78 is 18.7. The van der Waals surface area contributed by atoms with Crippen molar-refractivity contribution in [3.63, 3.8) is 0 Å². The van der Waals surface area contributed by atoms with Gasteiger partial charge in [-0.15, -0.1) is 11.3 Å². The smallest absolute Gasteiger partial charge is 0.317 e.